The number of carbonyl (C=O) groups is 1. The van der Waals surface area contributed by atoms with E-state index in [1.807, 2.05) is 60.9 Å². The first-order chi connectivity index (χ1) is 13.9. The van der Waals surface area contributed by atoms with E-state index >= 15 is 0 Å². The van der Waals surface area contributed by atoms with Gasteiger partial charge in [0.05, 0.1) is 16.9 Å². The van der Waals surface area contributed by atoms with Crippen LogP contribution in [0.4, 0.5) is 0 Å². The third kappa shape index (κ3) is 4.70. The Kier molecular flexibility index (Phi) is 6.75. The van der Waals surface area contributed by atoms with E-state index in [0.29, 0.717) is 10.0 Å². The lowest BCUT2D eigenvalue weighted by Gasteiger charge is -2.13. The molecule has 1 N–H and O–H groups in total. The number of amides is 1. The number of hydrogen-bond acceptors (Lipinski definition) is 3. The smallest absolute Gasteiger partial charge is 0.273 e. The minimum absolute atomic E-state index is 0.346. The minimum atomic E-state index is -0.731. The Morgan fingerprint density at radius 1 is 1.14 bits per heavy atom. The Balaban J connectivity index is 1.80. The van der Waals surface area contributed by atoms with Crippen LogP contribution in [0.25, 0.3) is 5.69 Å². The maximum Gasteiger partial charge on any atom is 0.273 e. The van der Waals surface area contributed by atoms with Crippen LogP contribution in [0.5, 0.6) is 0 Å². The summed E-state index contributed by atoms with van der Waals surface area (Å²) >= 11 is 12.5. The van der Waals surface area contributed by atoms with Crippen LogP contribution < -0.4 is 5.43 Å². The second kappa shape index (κ2) is 9.27. The van der Waals surface area contributed by atoms with E-state index in [1.165, 1.54) is 7.11 Å². The summed E-state index contributed by atoms with van der Waals surface area (Å²) in [6.07, 6.45) is 0.874. The van der Waals surface area contributed by atoms with Crippen molar-refractivity contribution in [1.82, 2.24) is 9.99 Å². The van der Waals surface area contributed by atoms with Crippen molar-refractivity contribution >= 4 is 35.3 Å². The van der Waals surface area contributed by atoms with Crippen molar-refractivity contribution in [3.8, 4) is 5.69 Å². The second-order valence-corrected chi connectivity index (χ2v) is 7.36. The van der Waals surface area contributed by atoms with E-state index in [4.69, 9.17) is 27.9 Å². The Morgan fingerprint density at radius 3 is 2.55 bits per heavy atom. The number of carbonyl (C=O) groups excluding carboxylic acids is 1. The lowest BCUT2D eigenvalue weighted by molar-refractivity contribution is -0.131. The number of halogens is 2. The number of nitrogens with one attached hydrogen (secondary N) is 1. The van der Waals surface area contributed by atoms with Crippen LogP contribution in [0.3, 0.4) is 0 Å². The van der Waals surface area contributed by atoms with E-state index in [1.54, 1.807) is 18.3 Å². The molecule has 7 heteroatoms. The third-order valence-corrected chi connectivity index (χ3v) is 5.13. The second-order valence-electron chi connectivity index (χ2n) is 6.52. The molecule has 1 amide bonds. The molecule has 1 atom stereocenters. The fourth-order valence-electron chi connectivity index (χ4n) is 3.19. The molecule has 0 aliphatic carbocycles. The number of aromatic nitrogens is 1. The highest BCUT2D eigenvalue weighted by Gasteiger charge is 2.19. The summed E-state index contributed by atoms with van der Waals surface area (Å²) in [6.45, 7) is 3.92. The first kappa shape index (κ1) is 21.1. The molecule has 5 nitrogen and oxygen atoms in total. The minimum Gasteiger partial charge on any atom is -0.367 e. The van der Waals surface area contributed by atoms with Gasteiger partial charge in [-0.25, -0.2) is 5.43 Å². The summed E-state index contributed by atoms with van der Waals surface area (Å²) in [6, 6.07) is 16.6. The molecule has 0 aliphatic rings. The Morgan fingerprint density at radius 2 is 1.86 bits per heavy atom. The molecule has 29 heavy (non-hydrogen) atoms. The number of nitrogens with zero attached hydrogens (tertiary/aromatic N) is 2. The van der Waals surface area contributed by atoms with Crippen LogP contribution in [-0.4, -0.2) is 23.8 Å². The molecule has 0 bridgehead atoms. The molecule has 0 fully saturated rings. The Hall–Kier alpha value is -2.60. The van der Waals surface area contributed by atoms with E-state index in [0.717, 1.165) is 28.2 Å². The lowest BCUT2D eigenvalue weighted by atomic mass is 10.1. The van der Waals surface area contributed by atoms with E-state index in [2.05, 4.69) is 10.5 Å². The molecule has 3 rings (SSSR count). The molecular formula is C22H21Cl2N3O2. The average Bonchev–Trinajstić information content (AvgIpc) is 2.98. The monoisotopic (exact) mass is 429 g/mol. The van der Waals surface area contributed by atoms with Crippen LogP contribution in [-0.2, 0) is 9.53 Å². The summed E-state index contributed by atoms with van der Waals surface area (Å²) in [5.74, 6) is -0.346. The molecule has 0 aliphatic heterocycles. The van der Waals surface area contributed by atoms with Crippen molar-refractivity contribution in [3.05, 3.63) is 87.2 Å². The zero-order valence-corrected chi connectivity index (χ0v) is 17.8. The van der Waals surface area contributed by atoms with Gasteiger partial charge in [0, 0.05) is 29.1 Å². The van der Waals surface area contributed by atoms with E-state index in [-0.39, 0.29) is 5.91 Å². The number of hydrazone groups is 1. The highest BCUT2D eigenvalue weighted by molar-refractivity contribution is 6.34. The zero-order chi connectivity index (χ0) is 21.0. The van der Waals surface area contributed by atoms with Gasteiger partial charge >= 0.3 is 0 Å². The van der Waals surface area contributed by atoms with Gasteiger partial charge in [-0.3, -0.25) is 4.79 Å². The highest BCUT2D eigenvalue weighted by atomic mass is 35.5. The van der Waals surface area contributed by atoms with Crippen LogP contribution in [0.2, 0.25) is 10.0 Å². The normalized spacial score (nSPS) is 12.3. The van der Waals surface area contributed by atoms with Gasteiger partial charge in [0.15, 0.2) is 6.10 Å². The summed E-state index contributed by atoms with van der Waals surface area (Å²) in [5, 5.41) is 5.31. The molecule has 0 spiro atoms. The van der Waals surface area contributed by atoms with Gasteiger partial charge in [-0.2, -0.15) is 5.10 Å². The van der Waals surface area contributed by atoms with Crippen molar-refractivity contribution in [2.75, 3.05) is 7.11 Å². The molecule has 0 radical (unpaired) electrons. The first-order valence-electron chi connectivity index (χ1n) is 8.97. The number of benzene rings is 2. The molecule has 1 unspecified atom stereocenters. The lowest BCUT2D eigenvalue weighted by Crippen LogP contribution is -2.26. The van der Waals surface area contributed by atoms with Crippen molar-refractivity contribution in [3.63, 3.8) is 0 Å². The van der Waals surface area contributed by atoms with Gasteiger partial charge in [-0.05, 0) is 43.7 Å². The quantitative estimate of drug-likeness (QED) is 0.430. The van der Waals surface area contributed by atoms with E-state index in [9.17, 15) is 4.79 Å². The third-order valence-electron chi connectivity index (χ3n) is 4.57. The Bertz CT molecular complexity index is 1050. The van der Waals surface area contributed by atoms with Crippen LogP contribution in [0, 0.1) is 13.8 Å². The number of aryl methyl sites for hydroxylation is 1. The Labute approximate surface area is 179 Å². The predicted octanol–water partition coefficient (Wildman–Crippen LogP) is 5.24. The SMILES string of the molecule is COC(C(=O)N/N=C/c1cc(C)n(-c2cc(Cl)ccc2Cl)c1C)c1ccccc1. The molecule has 2 aromatic carbocycles. The summed E-state index contributed by atoms with van der Waals surface area (Å²) in [4.78, 5) is 12.4. The van der Waals surface area contributed by atoms with Gasteiger partial charge in [-0.15, -0.1) is 0 Å². The van der Waals surface area contributed by atoms with Crippen molar-refractivity contribution in [2.45, 2.75) is 20.0 Å². The molecule has 150 valence electrons. The standard InChI is InChI=1S/C22H21Cl2N3O2/c1-14-11-17(15(2)27(14)20-12-18(23)9-10-19(20)24)13-25-26-22(28)21(29-3)16-7-5-4-6-8-16/h4-13,21H,1-3H3,(H,26,28)/b25-13+. The highest BCUT2D eigenvalue weighted by Crippen LogP contribution is 2.28. The van der Waals surface area contributed by atoms with Crippen LogP contribution in [0.1, 0.15) is 28.6 Å². The summed E-state index contributed by atoms with van der Waals surface area (Å²) < 4.78 is 7.31. The molecule has 3 aromatic rings. The predicted molar refractivity (Wildman–Crippen MR) is 117 cm³/mol. The van der Waals surface area contributed by atoms with Gasteiger partial charge in [0.1, 0.15) is 0 Å². The molecule has 0 saturated carbocycles. The molecule has 1 aromatic heterocycles. The molecule has 0 saturated heterocycles. The van der Waals surface area contributed by atoms with Crippen LogP contribution >= 0.6 is 23.2 Å². The van der Waals surface area contributed by atoms with Gasteiger partial charge in [0.25, 0.3) is 5.91 Å². The fraction of sp³-hybridized carbons (Fsp3) is 0.182. The van der Waals surface area contributed by atoms with Gasteiger partial charge < -0.3 is 9.30 Å². The molecular weight excluding hydrogens is 409 g/mol. The number of ether oxygens (including phenoxy) is 1. The number of rotatable bonds is 6. The maximum atomic E-state index is 12.4. The van der Waals surface area contributed by atoms with Crippen LogP contribution in [0.15, 0.2) is 59.7 Å². The fourth-order valence-corrected chi connectivity index (χ4v) is 3.56. The largest absolute Gasteiger partial charge is 0.367 e. The molecule has 1 heterocycles. The topological polar surface area (TPSA) is 55.6 Å². The van der Waals surface area contributed by atoms with E-state index < -0.39 is 6.10 Å². The van der Waals surface area contributed by atoms with Gasteiger partial charge in [0.2, 0.25) is 0 Å². The number of hydrogen-bond donors (Lipinski definition) is 1. The van der Waals surface area contributed by atoms with Gasteiger partial charge in [-0.1, -0.05) is 53.5 Å². The summed E-state index contributed by atoms with van der Waals surface area (Å²) in [5.41, 5.74) is 6.85. The maximum absolute atomic E-state index is 12.4. The van der Waals surface area contributed by atoms with Crippen molar-refractivity contribution in [1.29, 1.82) is 0 Å². The zero-order valence-electron chi connectivity index (χ0n) is 16.3. The summed E-state index contributed by atoms with van der Waals surface area (Å²) in [7, 11) is 1.49. The number of methoxy groups -OCH3 is 1. The van der Waals surface area contributed by atoms with Crippen molar-refractivity contribution < 1.29 is 9.53 Å². The average molecular weight is 430 g/mol. The van der Waals surface area contributed by atoms with Crippen molar-refractivity contribution in [2.24, 2.45) is 5.10 Å². The first-order valence-corrected chi connectivity index (χ1v) is 9.73.